The smallest absolute Gasteiger partial charge is 0.407 e. The van der Waals surface area contributed by atoms with Crippen LogP contribution in [0.5, 0.6) is 0 Å². The first-order chi connectivity index (χ1) is 11.0. The third-order valence-corrected chi connectivity index (χ3v) is 2.70. The molecule has 0 saturated heterocycles. The Hall–Kier alpha value is -0.810. The fourth-order valence-electron chi connectivity index (χ4n) is 1.78. The zero-order chi connectivity index (χ0) is 18.5. The number of hydrogen-bond donors (Lipinski definition) is 1. The zero-order valence-corrected chi connectivity index (χ0v) is 16.9. The first-order valence-corrected chi connectivity index (χ1v) is 8.99. The lowest BCUT2D eigenvalue weighted by atomic mass is 9.96. The van der Waals surface area contributed by atoms with Crippen molar-refractivity contribution in [3.8, 4) is 0 Å². The number of likely N-dealkylation sites (N-methyl/N-ethyl adjacent to an activating group) is 1. The summed E-state index contributed by atoms with van der Waals surface area (Å²) in [6.07, 6.45) is 6.94. The predicted octanol–water partition coefficient (Wildman–Crippen LogP) is 4.31. The van der Waals surface area contributed by atoms with Crippen LogP contribution in [0.2, 0.25) is 0 Å². The number of nitrogens with one attached hydrogen (secondary N) is 1. The highest BCUT2D eigenvalue weighted by molar-refractivity contribution is 5.67. The number of hydrogen-bond acceptors (Lipinski definition) is 4. The zero-order valence-electron chi connectivity index (χ0n) is 16.9. The van der Waals surface area contributed by atoms with Crippen LogP contribution >= 0.6 is 0 Å². The summed E-state index contributed by atoms with van der Waals surface area (Å²) < 4.78 is 9.31. The number of ether oxygens (including phenoxy) is 2. The lowest BCUT2D eigenvalue weighted by Crippen LogP contribution is -2.37. The Labute approximate surface area is 145 Å². The molecular formula is C18H42N2O3. The summed E-state index contributed by atoms with van der Waals surface area (Å²) in [5, 5.41) is 2.91. The molecule has 0 atom stereocenters. The Kier molecular flexibility index (Phi) is 27.6. The molecule has 1 aliphatic carbocycles. The molecule has 1 saturated carbocycles. The van der Waals surface area contributed by atoms with Crippen LogP contribution in [0.25, 0.3) is 0 Å². The minimum absolute atomic E-state index is 0.260. The van der Waals surface area contributed by atoms with E-state index in [2.05, 4.69) is 23.9 Å². The summed E-state index contributed by atoms with van der Waals surface area (Å²) in [6.45, 7) is 9.49. The van der Waals surface area contributed by atoms with Crippen molar-refractivity contribution in [2.75, 3.05) is 41.5 Å². The van der Waals surface area contributed by atoms with Gasteiger partial charge in [-0.2, -0.15) is 0 Å². The Morgan fingerprint density at radius 3 is 1.91 bits per heavy atom. The van der Waals surface area contributed by atoms with Crippen LogP contribution in [-0.2, 0) is 9.47 Å². The normalized spacial score (nSPS) is 13.4. The number of amides is 1. The molecule has 0 bridgehead atoms. The van der Waals surface area contributed by atoms with Gasteiger partial charge in [0.05, 0.1) is 0 Å². The van der Waals surface area contributed by atoms with Crippen molar-refractivity contribution in [3.63, 3.8) is 0 Å². The first-order valence-electron chi connectivity index (χ1n) is 8.99. The molecule has 1 N–H and O–H groups in total. The summed E-state index contributed by atoms with van der Waals surface area (Å²) in [5.74, 6) is 0. The van der Waals surface area contributed by atoms with E-state index in [-0.39, 0.29) is 6.09 Å². The highest BCUT2D eigenvalue weighted by atomic mass is 16.5. The van der Waals surface area contributed by atoms with Gasteiger partial charge in [0.15, 0.2) is 0 Å². The molecule has 1 amide bonds. The molecular weight excluding hydrogens is 292 g/mol. The summed E-state index contributed by atoms with van der Waals surface area (Å²) in [4.78, 5) is 13.3. The van der Waals surface area contributed by atoms with Crippen molar-refractivity contribution in [2.45, 2.75) is 72.3 Å². The third-order valence-electron chi connectivity index (χ3n) is 2.70. The molecule has 23 heavy (non-hydrogen) atoms. The summed E-state index contributed by atoms with van der Waals surface area (Å²) in [5.41, 5.74) is 0. The third kappa shape index (κ3) is 26.4. The number of rotatable bonds is 4. The molecule has 0 unspecified atom stereocenters. The van der Waals surface area contributed by atoms with Gasteiger partial charge in [-0.1, -0.05) is 53.4 Å². The quantitative estimate of drug-likeness (QED) is 0.832. The number of alkyl carbamates (subject to hydrolysis) is 1. The first kappa shape index (κ1) is 27.1. The Morgan fingerprint density at radius 1 is 1.09 bits per heavy atom. The molecule has 0 heterocycles. The number of carbonyl (C=O) groups is 1. The van der Waals surface area contributed by atoms with Crippen LogP contribution in [-0.4, -0.2) is 58.5 Å². The van der Waals surface area contributed by atoms with E-state index in [0.29, 0.717) is 12.6 Å². The average molecular weight is 335 g/mol. The number of nitrogens with zero attached hydrogens (tertiary/aromatic N) is 1. The maximum atomic E-state index is 11.3. The molecule has 0 aromatic rings. The Morgan fingerprint density at radius 2 is 1.52 bits per heavy atom. The SMILES string of the molecule is CC.CCC.CN(C)CCOC(=O)NC1CCCCC1.COC. The largest absolute Gasteiger partial charge is 0.448 e. The molecule has 0 spiro atoms. The topological polar surface area (TPSA) is 50.8 Å². The van der Waals surface area contributed by atoms with Gasteiger partial charge in [-0.3, -0.25) is 0 Å². The molecule has 1 rings (SSSR count). The van der Waals surface area contributed by atoms with E-state index in [9.17, 15) is 4.79 Å². The van der Waals surface area contributed by atoms with Crippen molar-refractivity contribution in [1.29, 1.82) is 0 Å². The second-order valence-electron chi connectivity index (χ2n) is 5.53. The number of methoxy groups -OCH3 is 1. The van der Waals surface area contributed by atoms with Gasteiger partial charge >= 0.3 is 6.09 Å². The Balaban J connectivity index is -0.000000425. The van der Waals surface area contributed by atoms with Crippen LogP contribution in [0.15, 0.2) is 0 Å². The van der Waals surface area contributed by atoms with Crippen LogP contribution < -0.4 is 5.32 Å². The Bertz CT molecular complexity index is 216. The van der Waals surface area contributed by atoms with Gasteiger partial charge in [0, 0.05) is 26.8 Å². The number of carbonyl (C=O) groups excluding carboxylic acids is 1. The summed E-state index contributed by atoms with van der Waals surface area (Å²) in [7, 11) is 7.17. The lowest BCUT2D eigenvalue weighted by molar-refractivity contribution is 0.130. The molecule has 0 aromatic carbocycles. The van der Waals surface area contributed by atoms with Crippen LogP contribution in [0, 0.1) is 0 Å². The van der Waals surface area contributed by atoms with Crippen LogP contribution in [0.3, 0.4) is 0 Å². The van der Waals surface area contributed by atoms with Gasteiger partial charge < -0.3 is 19.7 Å². The van der Waals surface area contributed by atoms with E-state index in [1.807, 2.05) is 32.8 Å². The van der Waals surface area contributed by atoms with Gasteiger partial charge in [0.25, 0.3) is 0 Å². The van der Waals surface area contributed by atoms with E-state index in [1.54, 1.807) is 14.2 Å². The molecule has 1 fully saturated rings. The van der Waals surface area contributed by atoms with Gasteiger partial charge in [-0.05, 0) is 26.9 Å². The maximum absolute atomic E-state index is 11.3. The lowest BCUT2D eigenvalue weighted by Gasteiger charge is -2.22. The second-order valence-corrected chi connectivity index (χ2v) is 5.53. The highest BCUT2D eigenvalue weighted by Gasteiger charge is 2.15. The molecule has 142 valence electrons. The van der Waals surface area contributed by atoms with E-state index in [0.717, 1.165) is 19.4 Å². The molecule has 5 heteroatoms. The van der Waals surface area contributed by atoms with E-state index >= 15 is 0 Å². The fraction of sp³-hybridized carbons (Fsp3) is 0.944. The second kappa shape index (κ2) is 23.5. The van der Waals surface area contributed by atoms with Crippen molar-refractivity contribution < 1.29 is 14.3 Å². The van der Waals surface area contributed by atoms with Crippen molar-refractivity contribution in [2.24, 2.45) is 0 Å². The molecule has 5 nitrogen and oxygen atoms in total. The van der Waals surface area contributed by atoms with Crippen molar-refractivity contribution in [1.82, 2.24) is 10.2 Å². The van der Waals surface area contributed by atoms with Crippen LogP contribution in [0.1, 0.15) is 66.2 Å². The highest BCUT2D eigenvalue weighted by Crippen LogP contribution is 2.17. The summed E-state index contributed by atoms with van der Waals surface area (Å²) in [6, 6.07) is 0.339. The molecule has 0 aliphatic heterocycles. The van der Waals surface area contributed by atoms with E-state index in [4.69, 9.17) is 4.74 Å². The van der Waals surface area contributed by atoms with E-state index < -0.39 is 0 Å². The minimum atomic E-state index is -0.260. The summed E-state index contributed by atoms with van der Waals surface area (Å²) >= 11 is 0. The maximum Gasteiger partial charge on any atom is 0.407 e. The van der Waals surface area contributed by atoms with Gasteiger partial charge in [-0.25, -0.2) is 4.79 Å². The van der Waals surface area contributed by atoms with Crippen molar-refractivity contribution in [3.05, 3.63) is 0 Å². The monoisotopic (exact) mass is 334 g/mol. The molecule has 1 aliphatic rings. The standard InChI is InChI=1S/C11H22N2O2.C3H8.C2H6O.C2H6/c1-13(2)8-9-15-11(14)12-10-6-4-3-5-7-10;2*1-3-2;1-2/h10H,3-9H2,1-2H3,(H,12,14);3H2,1-2H3;1-2H3;1-2H3. The van der Waals surface area contributed by atoms with Crippen LogP contribution in [0.4, 0.5) is 4.79 Å². The average Bonchev–Trinajstić information content (AvgIpc) is 2.51. The van der Waals surface area contributed by atoms with Gasteiger partial charge in [0.2, 0.25) is 0 Å². The molecule has 0 aromatic heterocycles. The minimum Gasteiger partial charge on any atom is -0.448 e. The molecule has 0 radical (unpaired) electrons. The van der Waals surface area contributed by atoms with Gasteiger partial charge in [-0.15, -0.1) is 0 Å². The predicted molar refractivity (Wildman–Crippen MR) is 100 cm³/mol. The van der Waals surface area contributed by atoms with E-state index in [1.165, 1.54) is 25.7 Å². The van der Waals surface area contributed by atoms with Crippen molar-refractivity contribution >= 4 is 6.09 Å². The fourth-order valence-corrected chi connectivity index (χ4v) is 1.78. The van der Waals surface area contributed by atoms with Gasteiger partial charge in [0.1, 0.15) is 6.61 Å².